The number of para-hydroxylation sites is 2. The summed E-state index contributed by atoms with van der Waals surface area (Å²) >= 11 is 0. The molecule has 17 heavy (non-hydrogen) atoms. The fraction of sp³-hybridized carbons (Fsp3) is 0.0714. The van der Waals surface area contributed by atoms with E-state index in [1.165, 1.54) is 0 Å². The Morgan fingerprint density at radius 3 is 2.82 bits per heavy atom. The molecule has 3 heteroatoms. The van der Waals surface area contributed by atoms with E-state index in [0.717, 1.165) is 22.3 Å². The fourth-order valence-corrected chi connectivity index (χ4v) is 1.97. The van der Waals surface area contributed by atoms with Crippen LogP contribution in [-0.4, -0.2) is 14.7 Å². The summed E-state index contributed by atoms with van der Waals surface area (Å²) in [7, 11) is 0. The molecule has 1 aromatic heterocycles. The highest BCUT2D eigenvalue weighted by Crippen LogP contribution is 2.18. The van der Waals surface area contributed by atoms with E-state index in [2.05, 4.69) is 4.98 Å². The van der Waals surface area contributed by atoms with Crippen molar-refractivity contribution in [3.63, 3.8) is 0 Å². The molecule has 1 heterocycles. The van der Waals surface area contributed by atoms with Gasteiger partial charge in [0.1, 0.15) is 6.33 Å². The first-order valence-electron chi connectivity index (χ1n) is 5.51. The van der Waals surface area contributed by atoms with Gasteiger partial charge in [-0.05, 0) is 29.8 Å². The summed E-state index contributed by atoms with van der Waals surface area (Å²) in [6, 6.07) is 15.8. The van der Waals surface area contributed by atoms with E-state index in [9.17, 15) is 0 Å². The van der Waals surface area contributed by atoms with Gasteiger partial charge < -0.3 is 5.11 Å². The molecule has 0 saturated heterocycles. The van der Waals surface area contributed by atoms with Crippen LogP contribution in [0.2, 0.25) is 0 Å². The lowest BCUT2D eigenvalue weighted by Gasteiger charge is -2.05. The Morgan fingerprint density at radius 2 is 1.94 bits per heavy atom. The van der Waals surface area contributed by atoms with E-state index in [1.54, 1.807) is 6.33 Å². The second-order valence-corrected chi connectivity index (χ2v) is 3.93. The number of nitrogens with zero attached hydrogens (tertiary/aromatic N) is 2. The molecule has 2 aromatic carbocycles. The summed E-state index contributed by atoms with van der Waals surface area (Å²) in [5, 5.41) is 9.15. The molecular formula is C14H12N2O. The summed E-state index contributed by atoms with van der Waals surface area (Å²) < 4.78 is 2.02. The summed E-state index contributed by atoms with van der Waals surface area (Å²) in [5.74, 6) is 0. The summed E-state index contributed by atoms with van der Waals surface area (Å²) in [5.41, 5.74) is 3.97. The number of hydrogen-bond acceptors (Lipinski definition) is 2. The number of imidazole rings is 1. The van der Waals surface area contributed by atoms with E-state index in [1.807, 2.05) is 53.1 Å². The van der Waals surface area contributed by atoms with Crippen molar-refractivity contribution in [1.29, 1.82) is 0 Å². The predicted molar refractivity (Wildman–Crippen MR) is 67.0 cm³/mol. The van der Waals surface area contributed by atoms with Crippen molar-refractivity contribution in [3.8, 4) is 5.69 Å². The molecular weight excluding hydrogens is 212 g/mol. The maximum absolute atomic E-state index is 9.15. The first kappa shape index (κ1) is 10.1. The average molecular weight is 224 g/mol. The zero-order valence-electron chi connectivity index (χ0n) is 9.24. The molecule has 0 spiro atoms. The van der Waals surface area contributed by atoms with Gasteiger partial charge in [-0.3, -0.25) is 4.57 Å². The van der Waals surface area contributed by atoms with E-state index < -0.39 is 0 Å². The lowest BCUT2D eigenvalue weighted by molar-refractivity contribution is 0.282. The van der Waals surface area contributed by atoms with Gasteiger partial charge in [-0.25, -0.2) is 4.98 Å². The monoisotopic (exact) mass is 224 g/mol. The molecule has 3 rings (SSSR count). The van der Waals surface area contributed by atoms with E-state index in [-0.39, 0.29) is 6.61 Å². The molecule has 3 aromatic rings. The number of benzene rings is 2. The summed E-state index contributed by atoms with van der Waals surface area (Å²) in [4.78, 5) is 4.35. The van der Waals surface area contributed by atoms with Crippen LogP contribution in [0.1, 0.15) is 5.56 Å². The smallest absolute Gasteiger partial charge is 0.100 e. The maximum atomic E-state index is 9.15. The van der Waals surface area contributed by atoms with Gasteiger partial charge in [0.15, 0.2) is 0 Å². The molecule has 1 N–H and O–H groups in total. The first-order chi connectivity index (χ1) is 8.38. The SMILES string of the molecule is OCc1cccc(-n2cnc3ccccc32)c1. The third-order valence-corrected chi connectivity index (χ3v) is 2.82. The van der Waals surface area contributed by atoms with Gasteiger partial charge >= 0.3 is 0 Å². The van der Waals surface area contributed by atoms with E-state index in [0.29, 0.717) is 0 Å². The Kier molecular flexibility index (Phi) is 2.38. The highest BCUT2D eigenvalue weighted by molar-refractivity contribution is 5.77. The van der Waals surface area contributed by atoms with Gasteiger partial charge in [-0.1, -0.05) is 24.3 Å². The number of fused-ring (bicyclic) bond motifs is 1. The van der Waals surface area contributed by atoms with Crippen molar-refractivity contribution in [2.45, 2.75) is 6.61 Å². The van der Waals surface area contributed by atoms with Crippen LogP contribution in [0.5, 0.6) is 0 Å². The van der Waals surface area contributed by atoms with Crippen molar-refractivity contribution in [2.75, 3.05) is 0 Å². The van der Waals surface area contributed by atoms with Crippen molar-refractivity contribution >= 4 is 11.0 Å². The third kappa shape index (κ3) is 1.70. The number of hydrogen-bond donors (Lipinski definition) is 1. The Bertz CT molecular complexity index is 658. The normalized spacial score (nSPS) is 10.9. The minimum absolute atomic E-state index is 0.0560. The standard InChI is InChI=1S/C14H12N2O/c17-9-11-4-3-5-12(8-11)16-10-15-13-6-1-2-7-14(13)16/h1-8,10,17H,9H2. The molecule has 0 unspecified atom stereocenters. The molecule has 0 radical (unpaired) electrons. The summed E-state index contributed by atoms with van der Waals surface area (Å²) in [6.45, 7) is 0.0560. The quantitative estimate of drug-likeness (QED) is 0.726. The molecule has 0 amide bonds. The van der Waals surface area contributed by atoms with Crippen molar-refractivity contribution in [1.82, 2.24) is 9.55 Å². The van der Waals surface area contributed by atoms with Gasteiger partial charge in [0.05, 0.1) is 17.6 Å². The molecule has 0 aliphatic rings. The van der Waals surface area contributed by atoms with Crippen LogP contribution in [0, 0.1) is 0 Å². The number of aliphatic hydroxyl groups excluding tert-OH is 1. The van der Waals surface area contributed by atoms with Gasteiger partial charge in [0, 0.05) is 5.69 Å². The number of aromatic nitrogens is 2. The average Bonchev–Trinajstić information content (AvgIpc) is 2.82. The topological polar surface area (TPSA) is 38.0 Å². The van der Waals surface area contributed by atoms with Crippen LogP contribution >= 0.6 is 0 Å². The van der Waals surface area contributed by atoms with Crippen molar-refractivity contribution in [2.24, 2.45) is 0 Å². The molecule has 0 aliphatic heterocycles. The van der Waals surface area contributed by atoms with Crippen LogP contribution < -0.4 is 0 Å². The molecule has 0 bridgehead atoms. The molecule has 84 valence electrons. The molecule has 0 saturated carbocycles. The first-order valence-corrected chi connectivity index (χ1v) is 5.51. The zero-order valence-corrected chi connectivity index (χ0v) is 9.24. The number of aliphatic hydroxyl groups is 1. The van der Waals surface area contributed by atoms with Crippen LogP contribution in [-0.2, 0) is 6.61 Å². The van der Waals surface area contributed by atoms with Crippen LogP contribution in [0.4, 0.5) is 0 Å². The van der Waals surface area contributed by atoms with Gasteiger partial charge in [0.25, 0.3) is 0 Å². The molecule has 0 aliphatic carbocycles. The van der Waals surface area contributed by atoms with Gasteiger partial charge in [0.2, 0.25) is 0 Å². The second kappa shape index (κ2) is 4.03. The van der Waals surface area contributed by atoms with Crippen molar-refractivity contribution < 1.29 is 5.11 Å². The number of rotatable bonds is 2. The minimum Gasteiger partial charge on any atom is -0.392 e. The highest BCUT2D eigenvalue weighted by atomic mass is 16.3. The van der Waals surface area contributed by atoms with Gasteiger partial charge in [-0.15, -0.1) is 0 Å². The predicted octanol–water partition coefficient (Wildman–Crippen LogP) is 2.52. The zero-order chi connectivity index (χ0) is 11.7. The van der Waals surface area contributed by atoms with E-state index in [4.69, 9.17) is 5.11 Å². The highest BCUT2D eigenvalue weighted by Gasteiger charge is 2.03. The largest absolute Gasteiger partial charge is 0.392 e. The van der Waals surface area contributed by atoms with E-state index >= 15 is 0 Å². The maximum Gasteiger partial charge on any atom is 0.100 e. The third-order valence-electron chi connectivity index (χ3n) is 2.82. The van der Waals surface area contributed by atoms with Gasteiger partial charge in [-0.2, -0.15) is 0 Å². The Balaban J connectivity index is 2.20. The Hall–Kier alpha value is -2.13. The molecule has 0 fully saturated rings. The van der Waals surface area contributed by atoms with Crippen LogP contribution in [0.25, 0.3) is 16.7 Å². The van der Waals surface area contributed by atoms with Crippen molar-refractivity contribution in [3.05, 3.63) is 60.4 Å². The fourth-order valence-electron chi connectivity index (χ4n) is 1.97. The lowest BCUT2D eigenvalue weighted by atomic mass is 10.2. The Labute approximate surface area is 99.0 Å². The lowest BCUT2D eigenvalue weighted by Crippen LogP contribution is -1.93. The summed E-state index contributed by atoms with van der Waals surface area (Å²) in [6.07, 6.45) is 1.81. The Morgan fingerprint density at radius 1 is 1.06 bits per heavy atom. The molecule has 0 atom stereocenters. The molecule has 3 nitrogen and oxygen atoms in total. The second-order valence-electron chi connectivity index (χ2n) is 3.93. The van der Waals surface area contributed by atoms with Crippen LogP contribution in [0.3, 0.4) is 0 Å². The minimum atomic E-state index is 0.0560. The van der Waals surface area contributed by atoms with Crippen LogP contribution in [0.15, 0.2) is 54.9 Å².